The summed E-state index contributed by atoms with van der Waals surface area (Å²) in [4.78, 5) is 0. The van der Waals surface area contributed by atoms with Gasteiger partial charge >= 0.3 is 0 Å². The van der Waals surface area contributed by atoms with E-state index in [1.165, 1.54) is 39.0 Å². The van der Waals surface area contributed by atoms with E-state index in [0.717, 1.165) is 12.8 Å². The molecule has 0 aromatic heterocycles. The number of hydrogen-bond acceptors (Lipinski definition) is 3. The Kier molecular flexibility index (Phi) is 11.6. The predicted molar refractivity (Wildman–Crippen MR) is 184 cm³/mol. The minimum Gasteiger partial charge on any atom is -0.393 e. The van der Waals surface area contributed by atoms with Crippen LogP contribution in [-0.2, 0) is 4.74 Å². The van der Waals surface area contributed by atoms with Gasteiger partial charge in [-0.3, -0.25) is 0 Å². The van der Waals surface area contributed by atoms with Crippen molar-refractivity contribution >= 4 is 0 Å². The Morgan fingerprint density at radius 1 is 0.767 bits per heavy atom. The molecular formula is C40H56O3. The standard InChI is InChI=1S/C40H56O3/c1-28(17-13-18-30(3)21-22-36-32(5)23-33(41)24-38(36,6)7)15-11-12-16-29(2)19-14-20-31(4)35-27-43-40(10)26-34(42)25-39(8,9)37(35)40/h11-23,33-34,36,41-42H,24-27H2,1-10H3. The Labute approximate surface area is 262 Å². The molecule has 0 aromatic carbocycles. The first-order valence-electron chi connectivity index (χ1n) is 15.9. The van der Waals surface area contributed by atoms with E-state index in [1.807, 2.05) is 6.08 Å². The van der Waals surface area contributed by atoms with Gasteiger partial charge in [-0.2, -0.15) is 0 Å². The number of fused-ring (bicyclic) bond motifs is 1. The molecule has 1 saturated carbocycles. The second-order valence-electron chi connectivity index (χ2n) is 14.5. The fourth-order valence-corrected chi connectivity index (χ4v) is 7.29. The van der Waals surface area contributed by atoms with E-state index in [4.69, 9.17) is 4.74 Å². The largest absolute Gasteiger partial charge is 0.393 e. The van der Waals surface area contributed by atoms with E-state index < -0.39 is 0 Å². The molecule has 2 aliphatic carbocycles. The zero-order chi connectivity index (χ0) is 32.0. The van der Waals surface area contributed by atoms with Crippen molar-refractivity contribution in [1.82, 2.24) is 0 Å². The van der Waals surface area contributed by atoms with E-state index in [9.17, 15) is 10.2 Å². The molecule has 234 valence electrons. The van der Waals surface area contributed by atoms with Gasteiger partial charge in [0, 0.05) is 12.3 Å². The molecule has 0 amide bonds. The Bertz CT molecular complexity index is 1330. The van der Waals surface area contributed by atoms with Crippen LogP contribution in [0.4, 0.5) is 0 Å². The summed E-state index contributed by atoms with van der Waals surface area (Å²) >= 11 is 0. The van der Waals surface area contributed by atoms with E-state index in [2.05, 4.69) is 142 Å². The second-order valence-corrected chi connectivity index (χ2v) is 14.5. The van der Waals surface area contributed by atoms with E-state index >= 15 is 0 Å². The molecule has 0 bridgehead atoms. The van der Waals surface area contributed by atoms with Crippen LogP contribution in [0.15, 0.2) is 118 Å². The van der Waals surface area contributed by atoms with Crippen molar-refractivity contribution in [3.05, 3.63) is 118 Å². The highest BCUT2D eigenvalue weighted by Gasteiger charge is 2.50. The van der Waals surface area contributed by atoms with Crippen molar-refractivity contribution in [3.8, 4) is 0 Å². The van der Waals surface area contributed by atoms with Crippen LogP contribution in [0, 0.1) is 16.7 Å². The predicted octanol–water partition coefficient (Wildman–Crippen LogP) is 9.62. The third-order valence-electron chi connectivity index (χ3n) is 9.22. The lowest BCUT2D eigenvalue weighted by atomic mass is 9.64. The second kappa shape index (κ2) is 14.4. The fraction of sp³-hybridized carbons (Fsp3) is 0.500. The first-order valence-corrected chi connectivity index (χ1v) is 15.9. The summed E-state index contributed by atoms with van der Waals surface area (Å²) < 4.78 is 6.23. The van der Waals surface area contributed by atoms with Crippen molar-refractivity contribution in [2.75, 3.05) is 6.61 Å². The Morgan fingerprint density at radius 2 is 1.33 bits per heavy atom. The van der Waals surface area contributed by atoms with Crippen molar-refractivity contribution in [2.45, 2.75) is 106 Å². The van der Waals surface area contributed by atoms with Crippen LogP contribution in [0.3, 0.4) is 0 Å². The first-order chi connectivity index (χ1) is 20.0. The third-order valence-corrected chi connectivity index (χ3v) is 9.22. The summed E-state index contributed by atoms with van der Waals surface area (Å²) in [5, 5.41) is 20.5. The summed E-state index contributed by atoms with van der Waals surface area (Å²) in [6.07, 6.45) is 29.3. The molecule has 4 atom stereocenters. The molecule has 3 nitrogen and oxygen atoms in total. The van der Waals surface area contributed by atoms with Gasteiger partial charge in [-0.05, 0) is 81.9 Å². The number of aliphatic hydroxyl groups excluding tert-OH is 2. The highest BCUT2D eigenvalue weighted by molar-refractivity contribution is 5.47. The van der Waals surface area contributed by atoms with Gasteiger partial charge in [0.15, 0.2) is 0 Å². The van der Waals surface area contributed by atoms with Gasteiger partial charge in [-0.15, -0.1) is 0 Å². The Morgan fingerprint density at radius 3 is 1.93 bits per heavy atom. The molecule has 3 heteroatoms. The van der Waals surface area contributed by atoms with Gasteiger partial charge in [0.05, 0.1) is 24.4 Å². The first kappa shape index (κ1) is 34.8. The van der Waals surface area contributed by atoms with Gasteiger partial charge in [0.1, 0.15) is 0 Å². The molecule has 1 fully saturated rings. The lowest BCUT2D eigenvalue weighted by Crippen LogP contribution is -2.44. The van der Waals surface area contributed by atoms with Crippen LogP contribution in [0.25, 0.3) is 0 Å². The maximum Gasteiger partial charge on any atom is 0.0904 e. The van der Waals surface area contributed by atoms with Gasteiger partial charge in [-0.25, -0.2) is 0 Å². The summed E-state index contributed by atoms with van der Waals surface area (Å²) in [7, 11) is 0. The highest BCUT2D eigenvalue weighted by atomic mass is 16.5. The summed E-state index contributed by atoms with van der Waals surface area (Å²) in [5.74, 6) is 0.345. The average Bonchev–Trinajstić information content (AvgIpc) is 3.23. The minimum absolute atomic E-state index is 0.0542. The van der Waals surface area contributed by atoms with E-state index in [1.54, 1.807) is 0 Å². The van der Waals surface area contributed by atoms with Crippen molar-refractivity contribution in [3.63, 3.8) is 0 Å². The van der Waals surface area contributed by atoms with Crippen LogP contribution in [0.1, 0.15) is 88.5 Å². The molecular weight excluding hydrogens is 528 g/mol. The quantitative estimate of drug-likeness (QED) is 0.210. The smallest absolute Gasteiger partial charge is 0.0904 e. The molecule has 43 heavy (non-hydrogen) atoms. The topological polar surface area (TPSA) is 49.7 Å². The molecule has 3 rings (SSSR count). The van der Waals surface area contributed by atoms with Crippen molar-refractivity contribution in [2.24, 2.45) is 16.7 Å². The third kappa shape index (κ3) is 9.38. The van der Waals surface area contributed by atoms with Gasteiger partial charge < -0.3 is 14.9 Å². The van der Waals surface area contributed by atoms with Gasteiger partial charge in [0.25, 0.3) is 0 Å². The average molecular weight is 585 g/mol. The molecule has 1 heterocycles. The number of aliphatic hydroxyl groups is 2. The lowest BCUT2D eigenvalue weighted by molar-refractivity contribution is -0.0497. The molecule has 0 saturated heterocycles. The summed E-state index contributed by atoms with van der Waals surface area (Å²) in [6, 6.07) is 0. The van der Waals surface area contributed by atoms with Crippen LogP contribution >= 0.6 is 0 Å². The Hall–Kier alpha value is -2.72. The maximum absolute atomic E-state index is 10.4. The summed E-state index contributed by atoms with van der Waals surface area (Å²) in [5.41, 5.74) is 8.32. The van der Waals surface area contributed by atoms with Crippen LogP contribution < -0.4 is 0 Å². The van der Waals surface area contributed by atoms with Crippen LogP contribution in [0.2, 0.25) is 0 Å². The van der Waals surface area contributed by atoms with Gasteiger partial charge in [0.2, 0.25) is 0 Å². The lowest BCUT2D eigenvalue weighted by Gasteiger charge is -2.45. The monoisotopic (exact) mass is 584 g/mol. The SMILES string of the molecule is CC(C=CC=C(C)C=CC1C(C)=CC(O)CC1(C)C)=CC=CC=C(C)C=CC=C(C)C1=C2C(C)(C)CC(O)CC2(C)OC1. The van der Waals surface area contributed by atoms with Crippen LogP contribution in [0.5, 0.6) is 0 Å². The molecule has 0 spiro atoms. The highest BCUT2D eigenvalue weighted by Crippen LogP contribution is 2.53. The molecule has 0 radical (unpaired) electrons. The fourth-order valence-electron chi connectivity index (χ4n) is 7.29. The van der Waals surface area contributed by atoms with Crippen LogP contribution in [-0.4, -0.2) is 34.6 Å². The van der Waals surface area contributed by atoms with E-state index in [0.29, 0.717) is 18.9 Å². The van der Waals surface area contributed by atoms with Crippen molar-refractivity contribution in [1.29, 1.82) is 0 Å². The van der Waals surface area contributed by atoms with Gasteiger partial charge in [-0.1, -0.05) is 129 Å². The molecule has 0 aromatic rings. The zero-order valence-electron chi connectivity index (χ0n) is 28.4. The summed E-state index contributed by atoms with van der Waals surface area (Å²) in [6.45, 7) is 22.3. The molecule has 4 unspecified atom stereocenters. The van der Waals surface area contributed by atoms with Crippen molar-refractivity contribution < 1.29 is 14.9 Å². The maximum atomic E-state index is 10.4. The number of allylic oxidation sites excluding steroid dienone is 16. The zero-order valence-corrected chi connectivity index (χ0v) is 28.4. The molecule has 2 N–H and O–H groups in total. The number of rotatable bonds is 9. The number of hydrogen-bond donors (Lipinski definition) is 2. The number of ether oxygens (including phenoxy) is 1. The molecule has 1 aliphatic heterocycles. The Balaban J connectivity index is 1.56. The normalized spacial score (nSPS) is 30.8. The van der Waals surface area contributed by atoms with E-state index in [-0.39, 0.29) is 28.6 Å². The molecule has 3 aliphatic rings. The minimum atomic E-state index is -0.363.